The van der Waals surface area contributed by atoms with Crippen molar-refractivity contribution in [2.75, 3.05) is 31.6 Å². The molecule has 0 saturated carbocycles. The minimum Gasteiger partial charge on any atom is -0.494 e. The van der Waals surface area contributed by atoms with Crippen molar-refractivity contribution >= 4 is 11.9 Å². The van der Waals surface area contributed by atoms with Crippen molar-refractivity contribution in [2.45, 2.75) is 19.3 Å². The molecule has 0 radical (unpaired) electrons. The molecule has 3 heterocycles. The number of rotatable bonds is 2. The summed E-state index contributed by atoms with van der Waals surface area (Å²) in [7, 11) is 1.59. The topological polar surface area (TPSA) is 67.3 Å². The van der Waals surface area contributed by atoms with Crippen LogP contribution in [0.2, 0.25) is 0 Å². The van der Waals surface area contributed by atoms with E-state index in [1.165, 1.54) is 0 Å². The van der Waals surface area contributed by atoms with Gasteiger partial charge in [-0.1, -0.05) is 0 Å². The fourth-order valence-electron chi connectivity index (χ4n) is 2.94. The highest BCUT2D eigenvalue weighted by atomic mass is 16.5. The summed E-state index contributed by atoms with van der Waals surface area (Å²) in [6.45, 7) is 2.35. The third-order valence-corrected chi connectivity index (χ3v) is 4.09. The number of methoxy groups -OCH3 is 1. The summed E-state index contributed by atoms with van der Waals surface area (Å²) < 4.78 is 5.05. The van der Waals surface area contributed by atoms with Gasteiger partial charge >= 0.3 is 0 Å². The van der Waals surface area contributed by atoms with Crippen LogP contribution >= 0.6 is 0 Å². The molecule has 1 spiro atoms. The smallest absolute Gasteiger partial charge is 0.228 e. The number of hydrogen-bond acceptors (Lipinski definition) is 5. The predicted octanol–water partition coefficient (Wildman–Crippen LogP) is 0.592. The Morgan fingerprint density at radius 3 is 2.84 bits per heavy atom. The zero-order valence-electron chi connectivity index (χ0n) is 11.1. The van der Waals surface area contributed by atoms with Crippen LogP contribution in [0.5, 0.6) is 5.75 Å². The lowest BCUT2D eigenvalue weighted by atomic mass is 9.79. The van der Waals surface area contributed by atoms with Crippen molar-refractivity contribution in [3.63, 3.8) is 0 Å². The summed E-state index contributed by atoms with van der Waals surface area (Å²) in [6.07, 6.45) is 6.23. The molecule has 2 fully saturated rings. The van der Waals surface area contributed by atoms with Gasteiger partial charge in [0.05, 0.1) is 24.9 Å². The van der Waals surface area contributed by atoms with Gasteiger partial charge in [-0.15, -0.1) is 0 Å². The van der Waals surface area contributed by atoms with E-state index in [2.05, 4.69) is 20.2 Å². The molecule has 2 saturated heterocycles. The van der Waals surface area contributed by atoms with Crippen LogP contribution in [0.1, 0.15) is 19.3 Å². The van der Waals surface area contributed by atoms with Crippen LogP contribution in [-0.4, -0.2) is 42.6 Å². The summed E-state index contributed by atoms with van der Waals surface area (Å²) >= 11 is 0. The molecule has 1 amide bonds. The molecule has 2 aliphatic heterocycles. The number of nitrogens with one attached hydrogen (secondary N) is 1. The predicted molar refractivity (Wildman–Crippen MR) is 70.1 cm³/mol. The van der Waals surface area contributed by atoms with Crippen molar-refractivity contribution in [3.8, 4) is 5.75 Å². The van der Waals surface area contributed by atoms with Gasteiger partial charge in [0, 0.05) is 19.6 Å². The Morgan fingerprint density at radius 2 is 2.16 bits per heavy atom. The first-order valence-electron chi connectivity index (χ1n) is 6.63. The molecular formula is C13H18N4O2. The number of piperidine rings is 1. The summed E-state index contributed by atoms with van der Waals surface area (Å²) in [6, 6.07) is 0. The number of ether oxygens (including phenoxy) is 1. The van der Waals surface area contributed by atoms with Gasteiger partial charge in [0.2, 0.25) is 11.9 Å². The Kier molecular flexibility index (Phi) is 3.00. The second-order valence-corrected chi connectivity index (χ2v) is 5.23. The van der Waals surface area contributed by atoms with Crippen molar-refractivity contribution in [1.82, 2.24) is 15.3 Å². The van der Waals surface area contributed by atoms with Gasteiger partial charge in [-0.3, -0.25) is 4.79 Å². The minimum absolute atomic E-state index is 0.190. The number of carbonyl (C=O) groups is 1. The van der Waals surface area contributed by atoms with Gasteiger partial charge in [0.25, 0.3) is 0 Å². The lowest BCUT2D eigenvalue weighted by molar-refractivity contribution is -0.132. The van der Waals surface area contributed by atoms with E-state index in [0.717, 1.165) is 32.4 Å². The van der Waals surface area contributed by atoms with E-state index < -0.39 is 0 Å². The van der Waals surface area contributed by atoms with Gasteiger partial charge in [-0.2, -0.15) is 0 Å². The quantitative estimate of drug-likeness (QED) is 0.845. The van der Waals surface area contributed by atoms with Crippen molar-refractivity contribution < 1.29 is 9.53 Å². The van der Waals surface area contributed by atoms with E-state index >= 15 is 0 Å². The molecule has 1 atom stereocenters. The first-order chi connectivity index (χ1) is 9.23. The van der Waals surface area contributed by atoms with E-state index in [4.69, 9.17) is 4.74 Å². The fourth-order valence-corrected chi connectivity index (χ4v) is 2.94. The first kappa shape index (κ1) is 12.2. The van der Waals surface area contributed by atoms with Gasteiger partial charge in [0.15, 0.2) is 5.75 Å². The number of carbonyl (C=O) groups excluding carboxylic acids is 1. The largest absolute Gasteiger partial charge is 0.494 e. The maximum atomic E-state index is 12.1. The molecule has 102 valence electrons. The Bertz CT molecular complexity index is 476. The highest BCUT2D eigenvalue weighted by molar-refractivity contribution is 5.84. The molecule has 1 N–H and O–H groups in total. The van der Waals surface area contributed by atoms with E-state index in [9.17, 15) is 4.79 Å². The maximum absolute atomic E-state index is 12.1. The van der Waals surface area contributed by atoms with Crippen LogP contribution in [0.4, 0.5) is 5.95 Å². The molecule has 19 heavy (non-hydrogen) atoms. The molecule has 1 aromatic heterocycles. The van der Waals surface area contributed by atoms with Crippen molar-refractivity contribution in [1.29, 1.82) is 0 Å². The third kappa shape index (κ3) is 2.11. The maximum Gasteiger partial charge on any atom is 0.228 e. The second kappa shape index (κ2) is 4.68. The highest BCUT2D eigenvalue weighted by Crippen LogP contribution is 2.38. The van der Waals surface area contributed by atoms with Crippen molar-refractivity contribution in [3.05, 3.63) is 12.4 Å². The fraction of sp³-hybridized carbons (Fsp3) is 0.615. The van der Waals surface area contributed by atoms with Gasteiger partial charge in [-0.05, 0) is 19.3 Å². The zero-order valence-corrected chi connectivity index (χ0v) is 11.1. The average Bonchev–Trinajstić information content (AvgIpc) is 2.88. The SMILES string of the molecule is COc1cnc(N2CC[C@]3(CCCNC3=O)C2)nc1. The molecule has 0 bridgehead atoms. The standard InChI is InChI=1S/C13H18N4O2/c1-19-10-7-15-12(16-8-10)17-6-4-13(9-17)3-2-5-14-11(13)18/h7-8H,2-6,9H2,1H3,(H,14,18)/t13-/m1/s1. The number of amides is 1. The number of nitrogens with zero attached hydrogens (tertiary/aromatic N) is 3. The molecule has 0 unspecified atom stereocenters. The highest BCUT2D eigenvalue weighted by Gasteiger charge is 2.46. The van der Waals surface area contributed by atoms with Crippen LogP contribution in [0.25, 0.3) is 0 Å². The molecule has 0 aromatic carbocycles. The van der Waals surface area contributed by atoms with E-state index in [1.807, 2.05) is 0 Å². The van der Waals surface area contributed by atoms with Crippen LogP contribution in [0.3, 0.4) is 0 Å². The molecule has 1 aromatic rings. The van der Waals surface area contributed by atoms with Crippen molar-refractivity contribution in [2.24, 2.45) is 5.41 Å². The molecule has 0 aliphatic carbocycles. The molecule has 6 nitrogen and oxygen atoms in total. The van der Waals surface area contributed by atoms with E-state index in [1.54, 1.807) is 19.5 Å². The molecular weight excluding hydrogens is 244 g/mol. The number of aromatic nitrogens is 2. The summed E-state index contributed by atoms with van der Waals surface area (Å²) in [5.41, 5.74) is -0.235. The van der Waals surface area contributed by atoms with E-state index in [-0.39, 0.29) is 11.3 Å². The number of anilines is 1. The Morgan fingerprint density at radius 1 is 1.37 bits per heavy atom. The van der Waals surface area contributed by atoms with E-state index in [0.29, 0.717) is 18.2 Å². The van der Waals surface area contributed by atoms with Crippen LogP contribution < -0.4 is 15.0 Å². The molecule has 2 aliphatic rings. The Hall–Kier alpha value is -1.85. The third-order valence-electron chi connectivity index (χ3n) is 4.09. The Balaban J connectivity index is 1.75. The summed E-state index contributed by atoms with van der Waals surface area (Å²) in [5.74, 6) is 1.51. The second-order valence-electron chi connectivity index (χ2n) is 5.23. The van der Waals surface area contributed by atoms with Crippen LogP contribution in [0.15, 0.2) is 12.4 Å². The summed E-state index contributed by atoms with van der Waals surface area (Å²) in [4.78, 5) is 22.8. The average molecular weight is 262 g/mol. The van der Waals surface area contributed by atoms with Gasteiger partial charge in [-0.25, -0.2) is 9.97 Å². The first-order valence-corrected chi connectivity index (χ1v) is 6.63. The number of hydrogen-bond donors (Lipinski definition) is 1. The molecule has 6 heteroatoms. The lowest BCUT2D eigenvalue weighted by Crippen LogP contribution is -2.47. The Labute approximate surface area is 112 Å². The van der Waals surface area contributed by atoms with Crippen LogP contribution in [0, 0.1) is 5.41 Å². The van der Waals surface area contributed by atoms with Gasteiger partial charge in [0.1, 0.15) is 0 Å². The lowest BCUT2D eigenvalue weighted by Gasteiger charge is -2.32. The van der Waals surface area contributed by atoms with Gasteiger partial charge < -0.3 is 15.0 Å². The minimum atomic E-state index is -0.235. The monoisotopic (exact) mass is 262 g/mol. The zero-order chi connectivity index (χ0) is 13.3. The summed E-state index contributed by atoms with van der Waals surface area (Å²) in [5, 5.41) is 2.98. The molecule has 3 rings (SSSR count). The normalized spacial score (nSPS) is 26.6. The van der Waals surface area contributed by atoms with Crippen LogP contribution in [-0.2, 0) is 4.79 Å².